The summed E-state index contributed by atoms with van der Waals surface area (Å²) in [6, 6.07) is 17.2. The number of carbonyl (C=O) groups excluding carboxylic acids is 2. The van der Waals surface area contributed by atoms with E-state index in [0.29, 0.717) is 5.02 Å². The molecule has 126 valence electrons. The zero-order chi connectivity index (χ0) is 17.4. The maximum absolute atomic E-state index is 11.9. The van der Waals surface area contributed by atoms with Crippen molar-refractivity contribution in [2.75, 3.05) is 0 Å². The second-order valence-electron chi connectivity index (χ2n) is 5.67. The Morgan fingerprint density at radius 2 is 1.67 bits per heavy atom. The van der Waals surface area contributed by atoms with Crippen LogP contribution in [0.3, 0.4) is 0 Å². The predicted octanol–water partition coefficient (Wildman–Crippen LogP) is 3.09. The van der Waals surface area contributed by atoms with Crippen molar-refractivity contribution in [1.82, 2.24) is 10.6 Å². The highest BCUT2D eigenvalue weighted by molar-refractivity contribution is 6.35. The Hall–Kier alpha value is -2.33. The Labute approximate surface area is 147 Å². The van der Waals surface area contributed by atoms with E-state index in [1.54, 1.807) is 6.07 Å². The van der Waals surface area contributed by atoms with Gasteiger partial charge in [-0.3, -0.25) is 9.59 Å². The summed E-state index contributed by atoms with van der Waals surface area (Å²) in [6.45, 7) is 2.12. The standard InChI is InChI=1S/C19H21ClN2O2/c1-14(11-12-15-7-3-2-4-8-15)22-19(24)18(23)21-13-16-9-5-6-10-17(16)20/h2-10,14H,11-13H2,1H3,(H,21,23)(H,22,24)/t14-/m0/s1. The molecule has 0 fully saturated rings. The van der Waals surface area contributed by atoms with Crippen LogP contribution in [0.4, 0.5) is 0 Å². The van der Waals surface area contributed by atoms with Crippen molar-refractivity contribution in [3.8, 4) is 0 Å². The van der Waals surface area contributed by atoms with Gasteiger partial charge < -0.3 is 10.6 Å². The van der Waals surface area contributed by atoms with Gasteiger partial charge in [-0.05, 0) is 37.0 Å². The van der Waals surface area contributed by atoms with Crippen LogP contribution in [0.25, 0.3) is 0 Å². The number of nitrogens with one attached hydrogen (secondary N) is 2. The van der Waals surface area contributed by atoms with Crippen LogP contribution in [0, 0.1) is 0 Å². The molecule has 2 N–H and O–H groups in total. The largest absolute Gasteiger partial charge is 0.345 e. The average Bonchev–Trinajstić information content (AvgIpc) is 2.60. The lowest BCUT2D eigenvalue weighted by Crippen LogP contribution is -2.43. The van der Waals surface area contributed by atoms with Gasteiger partial charge in [0.1, 0.15) is 0 Å². The minimum atomic E-state index is -0.651. The van der Waals surface area contributed by atoms with Gasteiger partial charge in [-0.2, -0.15) is 0 Å². The van der Waals surface area contributed by atoms with Gasteiger partial charge >= 0.3 is 11.8 Å². The number of hydrogen-bond donors (Lipinski definition) is 2. The predicted molar refractivity (Wildman–Crippen MR) is 95.7 cm³/mol. The van der Waals surface area contributed by atoms with E-state index >= 15 is 0 Å². The van der Waals surface area contributed by atoms with E-state index in [0.717, 1.165) is 18.4 Å². The van der Waals surface area contributed by atoms with Crippen molar-refractivity contribution < 1.29 is 9.59 Å². The monoisotopic (exact) mass is 344 g/mol. The first-order chi connectivity index (χ1) is 11.6. The summed E-state index contributed by atoms with van der Waals surface area (Å²) in [5.41, 5.74) is 1.99. The van der Waals surface area contributed by atoms with Crippen LogP contribution in [0.1, 0.15) is 24.5 Å². The molecule has 0 bridgehead atoms. The minimum absolute atomic E-state index is 0.0798. The molecule has 2 aromatic rings. The van der Waals surface area contributed by atoms with E-state index in [-0.39, 0.29) is 12.6 Å². The fraction of sp³-hybridized carbons (Fsp3) is 0.263. The Bertz CT molecular complexity index is 689. The number of halogens is 1. The molecule has 0 aliphatic heterocycles. The summed E-state index contributed by atoms with van der Waals surface area (Å²) in [5, 5.41) is 5.86. The molecule has 2 rings (SSSR count). The van der Waals surface area contributed by atoms with E-state index < -0.39 is 11.8 Å². The lowest BCUT2D eigenvalue weighted by Gasteiger charge is -2.14. The lowest BCUT2D eigenvalue weighted by molar-refractivity contribution is -0.139. The van der Waals surface area contributed by atoms with Crippen molar-refractivity contribution >= 4 is 23.4 Å². The molecule has 0 aromatic heterocycles. The molecule has 2 aromatic carbocycles. The van der Waals surface area contributed by atoms with Gasteiger partial charge in [-0.1, -0.05) is 60.1 Å². The number of benzene rings is 2. The second-order valence-corrected chi connectivity index (χ2v) is 6.08. The van der Waals surface area contributed by atoms with Gasteiger partial charge in [0.25, 0.3) is 0 Å². The third-order valence-electron chi connectivity index (χ3n) is 3.69. The Kier molecular flexibility index (Phi) is 6.82. The second kappa shape index (κ2) is 9.08. The fourth-order valence-corrected chi connectivity index (χ4v) is 2.49. The van der Waals surface area contributed by atoms with Crippen molar-refractivity contribution in [2.45, 2.75) is 32.4 Å². The molecule has 4 nitrogen and oxygen atoms in total. The first kappa shape index (κ1) is 18.0. The van der Waals surface area contributed by atoms with Gasteiger partial charge in [-0.15, -0.1) is 0 Å². The van der Waals surface area contributed by atoms with E-state index in [1.165, 1.54) is 5.56 Å². The van der Waals surface area contributed by atoms with Crippen LogP contribution in [0.5, 0.6) is 0 Å². The van der Waals surface area contributed by atoms with Gasteiger partial charge in [0.05, 0.1) is 0 Å². The molecule has 1 atom stereocenters. The minimum Gasteiger partial charge on any atom is -0.345 e. The highest BCUT2D eigenvalue weighted by Gasteiger charge is 2.16. The number of amides is 2. The van der Waals surface area contributed by atoms with Crippen LogP contribution in [-0.4, -0.2) is 17.9 Å². The molecule has 0 aliphatic carbocycles. The van der Waals surface area contributed by atoms with E-state index in [2.05, 4.69) is 10.6 Å². The van der Waals surface area contributed by atoms with Crippen LogP contribution in [-0.2, 0) is 22.6 Å². The number of hydrogen-bond acceptors (Lipinski definition) is 2. The summed E-state index contributed by atoms with van der Waals surface area (Å²) in [7, 11) is 0. The highest BCUT2D eigenvalue weighted by Crippen LogP contribution is 2.14. The quantitative estimate of drug-likeness (QED) is 0.791. The van der Waals surface area contributed by atoms with Crippen molar-refractivity contribution in [1.29, 1.82) is 0 Å². The topological polar surface area (TPSA) is 58.2 Å². The maximum Gasteiger partial charge on any atom is 0.309 e. The summed E-state index contributed by atoms with van der Waals surface area (Å²) >= 11 is 6.02. The Morgan fingerprint density at radius 1 is 1.00 bits per heavy atom. The van der Waals surface area contributed by atoms with E-state index in [9.17, 15) is 9.59 Å². The molecule has 0 saturated carbocycles. The third-order valence-corrected chi connectivity index (χ3v) is 4.06. The first-order valence-electron chi connectivity index (χ1n) is 7.92. The molecular weight excluding hydrogens is 324 g/mol. The zero-order valence-corrected chi connectivity index (χ0v) is 14.3. The van der Waals surface area contributed by atoms with Gasteiger partial charge in [0.15, 0.2) is 0 Å². The van der Waals surface area contributed by atoms with Crippen LogP contribution in [0.2, 0.25) is 5.02 Å². The smallest absolute Gasteiger partial charge is 0.309 e. The third kappa shape index (κ3) is 5.70. The first-order valence-corrected chi connectivity index (χ1v) is 8.30. The van der Waals surface area contributed by atoms with Crippen LogP contribution < -0.4 is 10.6 Å². The summed E-state index contributed by atoms with van der Waals surface area (Å²) in [5.74, 6) is -1.27. The molecule has 0 aliphatic rings. The summed E-state index contributed by atoms with van der Waals surface area (Å²) in [6.07, 6.45) is 1.62. The number of aryl methyl sites for hydroxylation is 1. The summed E-state index contributed by atoms with van der Waals surface area (Å²) in [4.78, 5) is 23.8. The Balaban J connectivity index is 1.74. The van der Waals surface area contributed by atoms with E-state index in [4.69, 9.17) is 11.6 Å². The molecule has 0 unspecified atom stereocenters. The van der Waals surface area contributed by atoms with Crippen LogP contribution in [0.15, 0.2) is 54.6 Å². The molecule has 24 heavy (non-hydrogen) atoms. The number of rotatable bonds is 6. The molecule has 2 amide bonds. The van der Waals surface area contributed by atoms with Gasteiger partial charge in [0.2, 0.25) is 0 Å². The van der Waals surface area contributed by atoms with Crippen molar-refractivity contribution in [3.05, 3.63) is 70.7 Å². The van der Waals surface area contributed by atoms with Crippen molar-refractivity contribution in [2.24, 2.45) is 0 Å². The number of carbonyl (C=O) groups is 2. The fourth-order valence-electron chi connectivity index (χ4n) is 2.29. The Morgan fingerprint density at radius 3 is 2.38 bits per heavy atom. The normalized spacial score (nSPS) is 11.6. The SMILES string of the molecule is C[C@@H](CCc1ccccc1)NC(=O)C(=O)NCc1ccccc1Cl. The van der Waals surface area contributed by atoms with Gasteiger partial charge in [-0.25, -0.2) is 0 Å². The molecule has 5 heteroatoms. The maximum atomic E-state index is 11.9. The van der Waals surface area contributed by atoms with Crippen molar-refractivity contribution in [3.63, 3.8) is 0 Å². The van der Waals surface area contributed by atoms with E-state index in [1.807, 2.05) is 55.5 Å². The molecule has 0 saturated heterocycles. The molecule has 0 heterocycles. The highest BCUT2D eigenvalue weighted by atomic mass is 35.5. The zero-order valence-electron chi connectivity index (χ0n) is 13.6. The average molecular weight is 345 g/mol. The lowest BCUT2D eigenvalue weighted by atomic mass is 10.1. The van der Waals surface area contributed by atoms with Crippen LogP contribution >= 0.6 is 11.6 Å². The molecule has 0 radical (unpaired) electrons. The molecule has 0 spiro atoms. The summed E-state index contributed by atoms with van der Waals surface area (Å²) < 4.78 is 0. The van der Waals surface area contributed by atoms with Gasteiger partial charge in [0, 0.05) is 17.6 Å². The molecular formula is C19H21ClN2O2.